The molecule has 0 N–H and O–H groups in total. The molecule has 1 heterocycles. The minimum absolute atomic E-state index is 0.275. The van der Waals surface area contributed by atoms with E-state index in [9.17, 15) is 0 Å². The van der Waals surface area contributed by atoms with Gasteiger partial charge >= 0.3 is 0 Å². The van der Waals surface area contributed by atoms with Crippen molar-refractivity contribution in [3.8, 4) is 0 Å². The lowest BCUT2D eigenvalue weighted by atomic mass is 10.1. The number of ether oxygens (including phenoxy) is 1. The van der Waals surface area contributed by atoms with Crippen molar-refractivity contribution >= 4 is 11.6 Å². The Morgan fingerprint density at radius 2 is 1.85 bits per heavy atom. The molecule has 0 saturated heterocycles. The van der Waals surface area contributed by atoms with Gasteiger partial charge in [-0.25, -0.2) is 9.97 Å². The van der Waals surface area contributed by atoms with E-state index in [0.717, 1.165) is 23.2 Å². The van der Waals surface area contributed by atoms with Crippen LogP contribution >= 0.6 is 11.6 Å². The van der Waals surface area contributed by atoms with Gasteiger partial charge < -0.3 is 4.74 Å². The second-order valence-corrected chi connectivity index (χ2v) is 4.89. The standard InChI is InChI=1S/C16H19ClN2O/c1-4-13-11(3)18-16(19-15(13)17)14(20-5-2)12-9-7-6-8-10-12/h6-10,14H,4-5H2,1-3H3. The van der Waals surface area contributed by atoms with E-state index in [1.165, 1.54) is 0 Å². The molecule has 0 amide bonds. The van der Waals surface area contributed by atoms with Gasteiger partial charge in [0, 0.05) is 17.9 Å². The predicted molar refractivity (Wildman–Crippen MR) is 81.1 cm³/mol. The highest BCUT2D eigenvalue weighted by Crippen LogP contribution is 2.26. The Hall–Kier alpha value is -1.45. The molecular formula is C16H19ClN2O. The van der Waals surface area contributed by atoms with Gasteiger partial charge in [-0.05, 0) is 25.8 Å². The summed E-state index contributed by atoms with van der Waals surface area (Å²) in [4.78, 5) is 9.01. The first-order valence-electron chi connectivity index (χ1n) is 6.86. The second kappa shape index (κ2) is 6.82. The van der Waals surface area contributed by atoms with Crippen molar-refractivity contribution in [2.45, 2.75) is 33.3 Å². The first-order valence-corrected chi connectivity index (χ1v) is 7.24. The second-order valence-electron chi connectivity index (χ2n) is 4.54. The van der Waals surface area contributed by atoms with E-state index in [1.54, 1.807) is 0 Å². The Balaban J connectivity index is 2.45. The van der Waals surface area contributed by atoms with E-state index in [0.29, 0.717) is 17.6 Å². The molecule has 1 aromatic carbocycles. The summed E-state index contributed by atoms with van der Waals surface area (Å²) >= 11 is 6.26. The average molecular weight is 291 g/mol. The molecule has 4 heteroatoms. The van der Waals surface area contributed by atoms with Gasteiger partial charge in [0.2, 0.25) is 0 Å². The Morgan fingerprint density at radius 3 is 2.40 bits per heavy atom. The molecule has 3 nitrogen and oxygen atoms in total. The summed E-state index contributed by atoms with van der Waals surface area (Å²) in [5, 5.41) is 0.524. The van der Waals surface area contributed by atoms with Gasteiger partial charge in [-0.2, -0.15) is 0 Å². The molecule has 1 atom stereocenters. The van der Waals surface area contributed by atoms with Crippen molar-refractivity contribution < 1.29 is 4.74 Å². The van der Waals surface area contributed by atoms with Crippen LogP contribution in [0.15, 0.2) is 30.3 Å². The summed E-state index contributed by atoms with van der Waals surface area (Å²) < 4.78 is 5.81. The number of benzene rings is 1. The predicted octanol–water partition coefficient (Wildman–Crippen LogP) is 4.13. The Labute approximate surface area is 125 Å². The van der Waals surface area contributed by atoms with Crippen LogP contribution in [0, 0.1) is 6.92 Å². The van der Waals surface area contributed by atoms with Crippen LogP contribution in [0.2, 0.25) is 5.15 Å². The molecule has 0 aliphatic carbocycles. The largest absolute Gasteiger partial charge is 0.366 e. The lowest BCUT2D eigenvalue weighted by Gasteiger charge is -2.18. The molecule has 0 aliphatic heterocycles. The van der Waals surface area contributed by atoms with Crippen molar-refractivity contribution in [3.05, 3.63) is 58.1 Å². The van der Waals surface area contributed by atoms with E-state index in [4.69, 9.17) is 16.3 Å². The van der Waals surface area contributed by atoms with Gasteiger partial charge in [0.25, 0.3) is 0 Å². The Bertz CT molecular complexity index is 549. The SMILES string of the molecule is CCOC(c1ccccc1)c1nc(C)c(CC)c(Cl)n1. The number of aromatic nitrogens is 2. The molecule has 0 saturated carbocycles. The third kappa shape index (κ3) is 3.17. The first kappa shape index (κ1) is 14.9. The fourth-order valence-electron chi connectivity index (χ4n) is 2.21. The molecule has 0 spiro atoms. The molecule has 0 fully saturated rings. The molecule has 0 radical (unpaired) electrons. The zero-order chi connectivity index (χ0) is 14.5. The summed E-state index contributed by atoms with van der Waals surface area (Å²) in [7, 11) is 0. The molecule has 0 bridgehead atoms. The summed E-state index contributed by atoms with van der Waals surface area (Å²) in [6, 6.07) is 9.97. The monoisotopic (exact) mass is 290 g/mol. The molecule has 0 aliphatic rings. The van der Waals surface area contributed by atoms with Crippen LogP contribution < -0.4 is 0 Å². The zero-order valence-electron chi connectivity index (χ0n) is 12.1. The van der Waals surface area contributed by atoms with E-state index in [1.807, 2.05) is 44.2 Å². The normalized spacial score (nSPS) is 12.4. The van der Waals surface area contributed by atoms with Crippen molar-refractivity contribution in [1.82, 2.24) is 9.97 Å². The highest BCUT2D eigenvalue weighted by atomic mass is 35.5. The fourth-order valence-corrected chi connectivity index (χ4v) is 2.57. The minimum Gasteiger partial charge on any atom is -0.366 e. The van der Waals surface area contributed by atoms with E-state index >= 15 is 0 Å². The van der Waals surface area contributed by atoms with Crippen LogP contribution in [-0.2, 0) is 11.2 Å². The fraction of sp³-hybridized carbons (Fsp3) is 0.375. The molecule has 106 valence electrons. The number of halogens is 1. The van der Waals surface area contributed by atoms with Crippen molar-refractivity contribution in [2.75, 3.05) is 6.61 Å². The van der Waals surface area contributed by atoms with Gasteiger partial charge in [-0.15, -0.1) is 0 Å². The number of aryl methyl sites for hydroxylation is 1. The quantitative estimate of drug-likeness (QED) is 0.777. The van der Waals surface area contributed by atoms with Crippen LogP contribution in [0.4, 0.5) is 0 Å². The van der Waals surface area contributed by atoms with Crippen molar-refractivity contribution in [2.24, 2.45) is 0 Å². The summed E-state index contributed by atoms with van der Waals surface area (Å²) in [5.41, 5.74) is 2.95. The highest BCUT2D eigenvalue weighted by molar-refractivity contribution is 6.30. The van der Waals surface area contributed by atoms with E-state index < -0.39 is 0 Å². The zero-order valence-corrected chi connectivity index (χ0v) is 12.8. The van der Waals surface area contributed by atoms with Crippen LogP contribution in [0.3, 0.4) is 0 Å². The molecule has 20 heavy (non-hydrogen) atoms. The highest BCUT2D eigenvalue weighted by Gasteiger charge is 2.19. The Morgan fingerprint density at radius 1 is 1.15 bits per heavy atom. The molecule has 1 aromatic heterocycles. The third-order valence-corrected chi connectivity index (χ3v) is 3.52. The Kier molecular flexibility index (Phi) is 5.10. The van der Waals surface area contributed by atoms with E-state index in [2.05, 4.69) is 16.9 Å². The van der Waals surface area contributed by atoms with Crippen molar-refractivity contribution in [1.29, 1.82) is 0 Å². The van der Waals surface area contributed by atoms with Gasteiger partial charge in [-0.3, -0.25) is 0 Å². The molecule has 1 unspecified atom stereocenters. The smallest absolute Gasteiger partial charge is 0.163 e. The molecular weight excluding hydrogens is 272 g/mol. The molecule has 2 aromatic rings. The maximum absolute atomic E-state index is 6.26. The van der Waals surface area contributed by atoms with Gasteiger partial charge in [-0.1, -0.05) is 48.9 Å². The number of hydrogen-bond donors (Lipinski definition) is 0. The van der Waals surface area contributed by atoms with Gasteiger partial charge in [0.1, 0.15) is 11.3 Å². The minimum atomic E-state index is -0.275. The average Bonchev–Trinajstić information content (AvgIpc) is 2.45. The topological polar surface area (TPSA) is 35.0 Å². The number of rotatable bonds is 5. The summed E-state index contributed by atoms with van der Waals surface area (Å²) in [6.07, 6.45) is 0.554. The van der Waals surface area contributed by atoms with Gasteiger partial charge in [0.15, 0.2) is 5.82 Å². The van der Waals surface area contributed by atoms with Crippen LogP contribution in [-0.4, -0.2) is 16.6 Å². The first-order chi connectivity index (χ1) is 9.67. The summed E-state index contributed by atoms with van der Waals surface area (Å²) in [6.45, 7) is 6.57. The van der Waals surface area contributed by atoms with Crippen molar-refractivity contribution in [3.63, 3.8) is 0 Å². The van der Waals surface area contributed by atoms with E-state index in [-0.39, 0.29) is 6.10 Å². The lowest BCUT2D eigenvalue weighted by Crippen LogP contribution is -2.12. The van der Waals surface area contributed by atoms with Crippen LogP contribution in [0.1, 0.15) is 42.6 Å². The summed E-state index contributed by atoms with van der Waals surface area (Å²) in [5.74, 6) is 0.623. The van der Waals surface area contributed by atoms with Crippen LogP contribution in [0.25, 0.3) is 0 Å². The van der Waals surface area contributed by atoms with Gasteiger partial charge in [0.05, 0.1) is 0 Å². The lowest BCUT2D eigenvalue weighted by molar-refractivity contribution is 0.0849. The maximum atomic E-state index is 6.26. The van der Waals surface area contributed by atoms with Crippen LogP contribution in [0.5, 0.6) is 0 Å². The maximum Gasteiger partial charge on any atom is 0.163 e. The third-order valence-electron chi connectivity index (χ3n) is 3.20. The number of hydrogen-bond acceptors (Lipinski definition) is 3. The molecule has 2 rings (SSSR count). The number of nitrogens with zero attached hydrogens (tertiary/aromatic N) is 2.